The first kappa shape index (κ1) is 29.1. The molecule has 1 aliphatic heterocycles. The Morgan fingerprint density at radius 1 is 1.08 bits per heavy atom. The minimum atomic E-state index is -0.217. The van der Waals surface area contributed by atoms with Crippen molar-refractivity contribution < 1.29 is 14.3 Å². The highest BCUT2D eigenvalue weighted by Crippen LogP contribution is 2.47. The Balaban J connectivity index is 1.25. The molecule has 1 fully saturated rings. The zero-order valence-corrected chi connectivity index (χ0v) is 25.3. The van der Waals surface area contributed by atoms with Gasteiger partial charge in [0.25, 0.3) is 0 Å². The molecule has 1 amide bonds. The number of hydrogen-bond acceptors (Lipinski definition) is 5. The first-order chi connectivity index (χ1) is 18.1. The van der Waals surface area contributed by atoms with Gasteiger partial charge in [-0.3, -0.25) is 0 Å². The molecule has 4 rings (SSSR count). The predicted molar refractivity (Wildman–Crippen MR) is 157 cm³/mol. The summed E-state index contributed by atoms with van der Waals surface area (Å²) in [5, 5.41) is 3.40. The molecule has 0 N–H and O–H groups in total. The van der Waals surface area contributed by atoms with Gasteiger partial charge in [0.05, 0.1) is 17.3 Å². The Bertz CT molecular complexity index is 1070. The second-order valence-electron chi connectivity index (χ2n) is 12.7. The van der Waals surface area contributed by atoms with E-state index in [2.05, 4.69) is 65.1 Å². The van der Waals surface area contributed by atoms with Gasteiger partial charge in [0.1, 0.15) is 6.61 Å². The van der Waals surface area contributed by atoms with Gasteiger partial charge in [-0.25, -0.2) is 9.78 Å². The molecule has 0 bridgehead atoms. The molecule has 1 saturated heterocycles. The molecule has 2 heterocycles. The number of rotatable bonds is 10. The third-order valence-electron chi connectivity index (χ3n) is 8.91. The molecular weight excluding hydrogens is 492 g/mol. The molecule has 5 nitrogen and oxygen atoms in total. The van der Waals surface area contributed by atoms with Crippen molar-refractivity contribution in [2.24, 2.45) is 5.92 Å². The van der Waals surface area contributed by atoms with Crippen LogP contribution in [0.25, 0.3) is 11.3 Å². The summed E-state index contributed by atoms with van der Waals surface area (Å²) in [5.41, 5.74) is 5.69. The van der Waals surface area contributed by atoms with Crippen LogP contribution in [-0.4, -0.2) is 48.9 Å². The monoisotopic (exact) mass is 540 g/mol. The number of fused-ring (bicyclic) bond motifs is 1. The van der Waals surface area contributed by atoms with Gasteiger partial charge >= 0.3 is 6.09 Å². The number of likely N-dealkylation sites (tertiary alicyclic amines) is 1. The maximum Gasteiger partial charge on any atom is 0.409 e. The molecule has 6 heteroatoms. The van der Waals surface area contributed by atoms with Gasteiger partial charge in [-0.05, 0) is 72.5 Å². The van der Waals surface area contributed by atoms with E-state index in [0.717, 1.165) is 50.6 Å². The van der Waals surface area contributed by atoms with Crippen molar-refractivity contribution in [1.29, 1.82) is 0 Å². The first-order valence-corrected chi connectivity index (χ1v) is 15.6. The Morgan fingerprint density at radius 3 is 2.50 bits per heavy atom. The number of nitrogens with zero attached hydrogens (tertiary/aromatic N) is 2. The molecular formula is C32H48N2O3S. The number of ether oxygens (including phenoxy) is 2. The lowest BCUT2D eigenvalue weighted by atomic mass is 9.63. The van der Waals surface area contributed by atoms with E-state index in [9.17, 15) is 4.79 Å². The topological polar surface area (TPSA) is 51.7 Å². The summed E-state index contributed by atoms with van der Waals surface area (Å²) in [6.07, 6.45) is 7.55. The van der Waals surface area contributed by atoms with Crippen LogP contribution in [0.1, 0.15) is 109 Å². The third kappa shape index (κ3) is 6.98. The standard InChI is InChI=1S/C32H48N2O3S/c1-7-23(2)9-8-18-36-19-20-37-30(35)34-16-12-24(13-17-34)29-33-28(22-38-29)25-10-11-26-27(21-25)32(5,6)15-14-31(26,3)4/h10-11,21-24H,7-9,12-20H2,1-6H3. The van der Waals surface area contributed by atoms with Gasteiger partial charge in [0.15, 0.2) is 0 Å². The summed E-state index contributed by atoms with van der Waals surface area (Å²) < 4.78 is 11.1. The first-order valence-electron chi connectivity index (χ1n) is 14.7. The van der Waals surface area contributed by atoms with Gasteiger partial charge in [-0.1, -0.05) is 60.1 Å². The highest BCUT2D eigenvalue weighted by atomic mass is 32.1. The maximum absolute atomic E-state index is 12.5. The average molecular weight is 541 g/mol. The van der Waals surface area contributed by atoms with Crippen LogP contribution in [0.3, 0.4) is 0 Å². The smallest absolute Gasteiger partial charge is 0.409 e. The van der Waals surface area contributed by atoms with Crippen molar-refractivity contribution in [3.63, 3.8) is 0 Å². The summed E-state index contributed by atoms with van der Waals surface area (Å²) in [6, 6.07) is 6.99. The zero-order chi connectivity index (χ0) is 27.3. The van der Waals surface area contributed by atoms with Crippen molar-refractivity contribution in [2.45, 2.75) is 103 Å². The molecule has 1 aromatic carbocycles. The minimum absolute atomic E-state index is 0.195. The summed E-state index contributed by atoms with van der Waals surface area (Å²) >= 11 is 1.76. The summed E-state index contributed by atoms with van der Waals surface area (Å²) in [7, 11) is 0. The van der Waals surface area contributed by atoms with E-state index >= 15 is 0 Å². The number of aromatic nitrogens is 1. The fraction of sp³-hybridized carbons (Fsp3) is 0.688. The molecule has 0 spiro atoms. The van der Waals surface area contributed by atoms with Crippen molar-refractivity contribution in [3.8, 4) is 11.3 Å². The van der Waals surface area contributed by atoms with Crippen molar-refractivity contribution in [2.75, 3.05) is 32.9 Å². The van der Waals surface area contributed by atoms with Crippen LogP contribution in [-0.2, 0) is 20.3 Å². The number of benzene rings is 1. The van der Waals surface area contributed by atoms with Crippen LogP contribution in [0.5, 0.6) is 0 Å². The second-order valence-corrected chi connectivity index (χ2v) is 13.6. The molecule has 210 valence electrons. The van der Waals surface area contributed by atoms with Crippen LogP contribution >= 0.6 is 11.3 Å². The summed E-state index contributed by atoms with van der Waals surface area (Å²) in [4.78, 5) is 19.4. The fourth-order valence-corrected chi connectivity index (χ4v) is 6.78. The Kier molecular flexibility index (Phi) is 9.57. The van der Waals surface area contributed by atoms with E-state index < -0.39 is 0 Å². The van der Waals surface area contributed by atoms with Crippen molar-refractivity contribution >= 4 is 17.4 Å². The average Bonchev–Trinajstić information content (AvgIpc) is 3.41. The number of carbonyl (C=O) groups is 1. The van der Waals surface area contributed by atoms with Crippen LogP contribution < -0.4 is 0 Å². The highest BCUT2D eigenvalue weighted by molar-refractivity contribution is 7.10. The SMILES string of the molecule is CCC(C)CCCOCCOC(=O)N1CCC(c2nc(-c3ccc4c(c3)C(C)(C)CCC4(C)C)cs2)CC1. The Hall–Kier alpha value is -1.92. The number of thiazole rings is 1. The van der Waals surface area contributed by atoms with E-state index in [1.165, 1.54) is 47.4 Å². The Labute approximate surface area is 234 Å². The quantitative estimate of drug-likeness (QED) is 0.284. The normalized spacial score (nSPS) is 19.7. The third-order valence-corrected chi connectivity index (χ3v) is 9.92. The van der Waals surface area contributed by atoms with E-state index in [-0.39, 0.29) is 16.9 Å². The van der Waals surface area contributed by atoms with Gasteiger partial charge in [0.2, 0.25) is 0 Å². The Morgan fingerprint density at radius 2 is 1.79 bits per heavy atom. The number of piperidine rings is 1. The van der Waals surface area contributed by atoms with E-state index in [1.54, 1.807) is 11.3 Å². The molecule has 1 atom stereocenters. The largest absolute Gasteiger partial charge is 0.447 e. The number of amides is 1. The number of carbonyl (C=O) groups excluding carboxylic acids is 1. The maximum atomic E-state index is 12.5. The molecule has 0 radical (unpaired) electrons. The predicted octanol–water partition coefficient (Wildman–Crippen LogP) is 8.32. The molecule has 1 aliphatic carbocycles. The van der Waals surface area contributed by atoms with Crippen LogP contribution in [0.4, 0.5) is 4.79 Å². The van der Waals surface area contributed by atoms with E-state index in [1.807, 2.05) is 4.90 Å². The second kappa shape index (κ2) is 12.5. The molecule has 1 unspecified atom stereocenters. The zero-order valence-electron chi connectivity index (χ0n) is 24.5. The summed E-state index contributed by atoms with van der Waals surface area (Å²) in [5.74, 6) is 1.15. The van der Waals surface area contributed by atoms with Crippen LogP contribution in [0, 0.1) is 5.92 Å². The number of hydrogen-bond donors (Lipinski definition) is 0. The molecule has 1 aromatic heterocycles. The lowest BCUT2D eigenvalue weighted by Crippen LogP contribution is -2.38. The van der Waals surface area contributed by atoms with Crippen molar-refractivity contribution in [3.05, 3.63) is 39.7 Å². The van der Waals surface area contributed by atoms with E-state index in [0.29, 0.717) is 19.1 Å². The molecule has 2 aliphatic rings. The van der Waals surface area contributed by atoms with Gasteiger partial charge in [-0.2, -0.15) is 0 Å². The highest BCUT2D eigenvalue weighted by Gasteiger charge is 2.37. The molecule has 38 heavy (non-hydrogen) atoms. The van der Waals surface area contributed by atoms with Gasteiger partial charge < -0.3 is 14.4 Å². The van der Waals surface area contributed by atoms with Crippen molar-refractivity contribution in [1.82, 2.24) is 9.88 Å². The summed E-state index contributed by atoms with van der Waals surface area (Å²) in [6.45, 7) is 17.0. The lowest BCUT2D eigenvalue weighted by molar-refractivity contribution is 0.0491. The molecule has 0 saturated carbocycles. The van der Waals surface area contributed by atoms with Crippen LogP contribution in [0.15, 0.2) is 23.6 Å². The van der Waals surface area contributed by atoms with Gasteiger partial charge in [0, 0.05) is 36.6 Å². The van der Waals surface area contributed by atoms with E-state index in [4.69, 9.17) is 14.5 Å². The molecule has 2 aromatic rings. The fourth-order valence-electron chi connectivity index (χ4n) is 5.78. The van der Waals surface area contributed by atoms with Gasteiger partial charge in [-0.15, -0.1) is 11.3 Å². The minimum Gasteiger partial charge on any atom is -0.447 e. The lowest BCUT2D eigenvalue weighted by Gasteiger charge is -2.42. The van der Waals surface area contributed by atoms with Crippen LogP contribution in [0.2, 0.25) is 0 Å².